The summed E-state index contributed by atoms with van der Waals surface area (Å²) in [6.45, 7) is 11.4. The van der Waals surface area contributed by atoms with Gasteiger partial charge in [0, 0.05) is 18.9 Å². The Kier molecular flexibility index (Phi) is 11.7. The van der Waals surface area contributed by atoms with Gasteiger partial charge in [0.1, 0.15) is 5.82 Å². The predicted molar refractivity (Wildman–Crippen MR) is 147 cm³/mol. The van der Waals surface area contributed by atoms with Gasteiger partial charge in [0.25, 0.3) is 5.56 Å². The SMILES string of the molecule is CC1C=CC=C(Cn2c(/C=C/c3cccnc3)nc3ccccc3c2=O)C1.CCC.CCCC. The quantitative estimate of drug-likeness (QED) is 0.394. The zero-order chi connectivity index (χ0) is 24.8. The third-order valence-corrected chi connectivity index (χ3v) is 5.22. The molecule has 180 valence electrons. The fraction of sp³-hybridized carbons (Fsp3) is 0.367. The van der Waals surface area contributed by atoms with E-state index in [-0.39, 0.29) is 5.56 Å². The van der Waals surface area contributed by atoms with Gasteiger partial charge in [-0.05, 0) is 53.8 Å². The number of benzene rings is 1. The highest BCUT2D eigenvalue weighted by molar-refractivity contribution is 5.79. The first-order valence-electron chi connectivity index (χ1n) is 12.5. The minimum Gasteiger partial charge on any atom is -0.288 e. The summed E-state index contributed by atoms with van der Waals surface area (Å²) < 4.78 is 1.77. The Morgan fingerprint density at radius 1 is 1.03 bits per heavy atom. The van der Waals surface area contributed by atoms with E-state index in [1.165, 1.54) is 24.8 Å². The van der Waals surface area contributed by atoms with E-state index < -0.39 is 0 Å². The van der Waals surface area contributed by atoms with E-state index in [2.05, 4.69) is 57.8 Å². The lowest BCUT2D eigenvalue weighted by Gasteiger charge is -2.17. The summed E-state index contributed by atoms with van der Waals surface area (Å²) in [4.78, 5) is 22.0. The first-order valence-corrected chi connectivity index (χ1v) is 12.5. The van der Waals surface area contributed by atoms with Crippen molar-refractivity contribution < 1.29 is 0 Å². The van der Waals surface area contributed by atoms with Crippen molar-refractivity contribution in [1.82, 2.24) is 14.5 Å². The minimum absolute atomic E-state index is 0.00505. The van der Waals surface area contributed by atoms with Crippen LogP contribution < -0.4 is 5.56 Å². The van der Waals surface area contributed by atoms with Crippen molar-refractivity contribution in [3.05, 3.63) is 94.3 Å². The number of nitrogens with zero attached hydrogens (tertiary/aromatic N) is 3. The zero-order valence-corrected chi connectivity index (χ0v) is 21.4. The molecule has 1 aliphatic carbocycles. The molecule has 0 amide bonds. The van der Waals surface area contributed by atoms with Crippen LogP contribution in [-0.4, -0.2) is 14.5 Å². The average molecular weight is 458 g/mol. The maximum atomic E-state index is 13.1. The van der Waals surface area contributed by atoms with Gasteiger partial charge in [0.05, 0.1) is 10.9 Å². The van der Waals surface area contributed by atoms with Gasteiger partial charge in [-0.25, -0.2) is 4.98 Å². The zero-order valence-electron chi connectivity index (χ0n) is 21.4. The van der Waals surface area contributed by atoms with Crippen LogP contribution in [0.3, 0.4) is 0 Å². The van der Waals surface area contributed by atoms with Gasteiger partial charge in [-0.2, -0.15) is 0 Å². The summed E-state index contributed by atoms with van der Waals surface area (Å²) in [7, 11) is 0. The largest absolute Gasteiger partial charge is 0.288 e. The Morgan fingerprint density at radius 3 is 2.41 bits per heavy atom. The molecule has 3 aromatic rings. The summed E-state index contributed by atoms with van der Waals surface area (Å²) in [5.74, 6) is 1.15. The first kappa shape index (κ1) is 27.0. The Bertz CT molecular complexity index is 1150. The van der Waals surface area contributed by atoms with Gasteiger partial charge in [-0.15, -0.1) is 0 Å². The van der Waals surface area contributed by atoms with E-state index in [9.17, 15) is 4.79 Å². The van der Waals surface area contributed by atoms with Crippen LogP contribution in [0.25, 0.3) is 23.1 Å². The standard InChI is InChI=1S/C23H21N3O.C4H10.C3H8/c1-17-6-4-7-19(14-17)16-26-22(12-11-18-8-5-13-24-15-18)25-21-10-3-2-9-20(21)23(26)27;1-3-4-2;1-3-2/h2-13,15,17H,14,16H2,1H3;3-4H2,1-2H3;3H2,1-2H3/b12-11+;;. The maximum Gasteiger partial charge on any atom is 0.261 e. The van der Waals surface area contributed by atoms with Crippen molar-refractivity contribution in [3.63, 3.8) is 0 Å². The number of allylic oxidation sites excluding steroid dienone is 4. The number of aromatic nitrogens is 3. The number of rotatable bonds is 5. The lowest BCUT2D eigenvalue weighted by atomic mass is 9.96. The number of unbranched alkanes of at least 4 members (excludes halogenated alkanes) is 1. The molecule has 0 fully saturated rings. The van der Waals surface area contributed by atoms with Gasteiger partial charge >= 0.3 is 0 Å². The van der Waals surface area contributed by atoms with E-state index in [0.717, 1.165) is 17.5 Å². The molecule has 34 heavy (non-hydrogen) atoms. The van der Waals surface area contributed by atoms with Crippen LogP contribution in [0.4, 0.5) is 0 Å². The topological polar surface area (TPSA) is 47.8 Å². The highest BCUT2D eigenvalue weighted by atomic mass is 16.1. The third kappa shape index (κ3) is 8.26. The second-order valence-electron chi connectivity index (χ2n) is 8.60. The molecule has 1 aliphatic rings. The Balaban J connectivity index is 0.000000519. The Morgan fingerprint density at radius 2 is 1.76 bits per heavy atom. The molecule has 0 bridgehead atoms. The van der Waals surface area contributed by atoms with Crippen LogP contribution in [0.1, 0.15) is 71.7 Å². The summed E-state index contributed by atoms with van der Waals surface area (Å²) in [6, 6.07) is 11.4. The van der Waals surface area contributed by atoms with Gasteiger partial charge < -0.3 is 0 Å². The van der Waals surface area contributed by atoms with E-state index in [1.807, 2.05) is 48.6 Å². The second kappa shape index (κ2) is 14.8. The molecule has 4 rings (SSSR count). The maximum absolute atomic E-state index is 13.1. The molecule has 4 heteroatoms. The van der Waals surface area contributed by atoms with E-state index in [4.69, 9.17) is 4.98 Å². The van der Waals surface area contributed by atoms with Crippen LogP contribution in [-0.2, 0) is 6.54 Å². The molecular weight excluding hydrogens is 418 g/mol. The molecule has 0 radical (unpaired) electrons. The van der Waals surface area contributed by atoms with Crippen LogP contribution in [0.2, 0.25) is 0 Å². The number of fused-ring (bicyclic) bond motifs is 1. The molecule has 0 N–H and O–H groups in total. The Hall–Kier alpha value is -3.27. The van der Waals surface area contributed by atoms with Crippen molar-refractivity contribution in [2.75, 3.05) is 0 Å². The third-order valence-electron chi connectivity index (χ3n) is 5.22. The summed E-state index contributed by atoms with van der Waals surface area (Å²) >= 11 is 0. The summed E-state index contributed by atoms with van der Waals surface area (Å²) in [5.41, 5.74) is 2.92. The molecule has 1 atom stereocenters. The predicted octanol–water partition coefficient (Wildman–Crippen LogP) is 7.71. The first-order chi connectivity index (χ1) is 16.5. The van der Waals surface area contributed by atoms with Gasteiger partial charge in [-0.1, -0.05) is 90.3 Å². The van der Waals surface area contributed by atoms with Crippen molar-refractivity contribution in [2.45, 2.75) is 66.8 Å². The number of hydrogen-bond donors (Lipinski definition) is 0. The highest BCUT2D eigenvalue weighted by Crippen LogP contribution is 2.20. The molecule has 4 nitrogen and oxygen atoms in total. The van der Waals surface area contributed by atoms with Crippen LogP contribution in [0.15, 0.2) is 77.4 Å². The summed E-state index contributed by atoms with van der Waals surface area (Å²) in [5, 5.41) is 0.649. The van der Waals surface area contributed by atoms with Crippen molar-refractivity contribution >= 4 is 23.1 Å². The number of pyridine rings is 1. The normalized spacial score (nSPS) is 14.7. The summed E-state index contributed by atoms with van der Waals surface area (Å²) in [6.07, 6.45) is 18.6. The number of para-hydroxylation sites is 1. The lowest BCUT2D eigenvalue weighted by Crippen LogP contribution is -2.25. The molecule has 1 aromatic carbocycles. The van der Waals surface area contributed by atoms with Crippen LogP contribution >= 0.6 is 0 Å². The van der Waals surface area contributed by atoms with Gasteiger partial charge in [-0.3, -0.25) is 14.3 Å². The molecule has 2 aromatic heterocycles. The molecule has 0 saturated heterocycles. The van der Waals surface area contributed by atoms with E-state index >= 15 is 0 Å². The van der Waals surface area contributed by atoms with Crippen molar-refractivity contribution in [2.24, 2.45) is 5.92 Å². The van der Waals surface area contributed by atoms with Gasteiger partial charge in [0.2, 0.25) is 0 Å². The van der Waals surface area contributed by atoms with Crippen LogP contribution in [0.5, 0.6) is 0 Å². The molecule has 2 heterocycles. The molecule has 0 spiro atoms. The van der Waals surface area contributed by atoms with Crippen LogP contribution in [0, 0.1) is 5.92 Å². The number of hydrogen-bond acceptors (Lipinski definition) is 3. The second-order valence-corrected chi connectivity index (χ2v) is 8.60. The molecule has 1 unspecified atom stereocenters. The van der Waals surface area contributed by atoms with E-state index in [1.54, 1.807) is 17.0 Å². The van der Waals surface area contributed by atoms with Crippen molar-refractivity contribution in [1.29, 1.82) is 0 Å². The average Bonchev–Trinajstić information content (AvgIpc) is 2.86. The molecular formula is C30H39N3O. The Labute approximate surface area is 204 Å². The molecule has 0 saturated carbocycles. The monoisotopic (exact) mass is 457 g/mol. The van der Waals surface area contributed by atoms with Gasteiger partial charge in [0.15, 0.2) is 0 Å². The van der Waals surface area contributed by atoms with Crippen molar-refractivity contribution in [3.8, 4) is 0 Å². The highest BCUT2D eigenvalue weighted by Gasteiger charge is 2.13. The smallest absolute Gasteiger partial charge is 0.261 e. The lowest BCUT2D eigenvalue weighted by molar-refractivity contribution is 0.632. The fourth-order valence-electron chi connectivity index (χ4n) is 3.36. The minimum atomic E-state index is -0.00505. The fourth-order valence-corrected chi connectivity index (χ4v) is 3.36. The molecule has 0 aliphatic heterocycles. The van der Waals surface area contributed by atoms with E-state index in [0.29, 0.717) is 23.7 Å².